The number of carbonyl (C=O) groups is 1. The highest BCUT2D eigenvalue weighted by molar-refractivity contribution is 7.85. The van der Waals surface area contributed by atoms with Crippen LogP contribution in [0.3, 0.4) is 0 Å². The maximum Gasteiger partial charge on any atom is 0.271 e. The van der Waals surface area contributed by atoms with Crippen molar-refractivity contribution in [1.82, 2.24) is 9.88 Å². The zero-order chi connectivity index (χ0) is 21.6. The highest BCUT2D eigenvalue weighted by Crippen LogP contribution is 2.17. The molecule has 3 rings (SSSR count). The van der Waals surface area contributed by atoms with E-state index in [-0.39, 0.29) is 18.3 Å². The molecule has 0 aliphatic carbocycles. The SMILES string of the molecule is CCOS(=O)(=O)Cc1cccc(CCc2ccc(N3CCN(C(C)=O)CC3)cn2)c1. The molecule has 1 amide bonds. The van der Waals surface area contributed by atoms with E-state index in [1.807, 2.05) is 35.4 Å². The fourth-order valence-electron chi connectivity index (χ4n) is 3.60. The van der Waals surface area contributed by atoms with Crippen molar-refractivity contribution >= 4 is 21.7 Å². The molecule has 1 saturated heterocycles. The molecule has 1 aromatic heterocycles. The van der Waals surface area contributed by atoms with E-state index in [0.29, 0.717) is 0 Å². The van der Waals surface area contributed by atoms with Gasteiger partial charge in [0.15, 0.2) is 0 Å². The number of nitrogens with zero attached hydrogens (tertiary/aromatic N) is 3. The van der Waals surface area contributed by atoms with Crippen molar-refractivity contribution in [2.45, 2.75) is 32.4 Å². The molecule has 1 aliphatic heterocycles. The van der Waals surface area contributed by atoms with Gasteiger partial charge in [0.05, 0.1) is 18.5 Å². The minimum Gasteiger partial charge on any atom is -0.367 e. The summed E-state index contributed by atoms with van der Waals surface area (Å²) in [6.45, 7) is 6.54. The second kappa shape index (κ2) is 10.0. The number of hydrogen-bond donors (Lipinski definition) is 0. The van der Waals surface area contributed by atoms with Gasteiger partial charge in [-0.05, 0) is 43.0 Å². The van der Waals surface area contributed by atoms with Crippen molar-refractivity contribution in [1.29, 1.82) is 0 Å². The molecular formula is C22H29N3O4S. The van der Waals surface area contributed by atoms with E-state index in [1.54, 1.807) is 19.9 Å². The summed E-state index contributed by atoms with van der Waals surface area (Å²) in [5.74, 6) is 0.0149. The third-order valence-corrected chi connectivity index (χ3v) is 6.48. The van der Waals surface area contributed by atoms with Crippen LogP contribution in [0, 0.1) is 0 Å². The number of benzene rings is 1. The van der Waals surface area contributed by atoms with Crippen LogP contribution in [0.1, 0.15) is 30.7 Å². The summed E-state index contributed by atoms with van der Waals surface area (Å²) in [5.41, 5.74) is 3.87. The number of anilines is 1. The Morgan fingerprint density at radius 1 is 1.07 bits per heavy atom. The maximum absolute atomic E-state index is 11.8. The number of carbonyl (C=O) groups excluding carboxylic acids is 1. The first kappa shape index (κ1) is 22.2. The van der Waals surface area contributed by atoms with Gasteiger partial charge in [-0.1, -0.05) is 24.3 Å². The summed E-state index contributed by atoms with van der Waals surface area (Å²) in [6, 6.07) is 11.7. The van der Waals surface area contributed by atoms with Crippen molar-refractivity contribution in [3.63, 3.8) is 0 Å². The second-order valence-corrected chi connectivity index (χ2v) is 9.07. The first-order valence-electron chi connectivity index (χ1n) is 10.3. The Morgan fingerprint density at radius 3 is 2.43 bits per heavy atom. The first-order chi connectivity index (χ1) is 14.4. The number of aromatic nitrogens is 1. The Labute approximate surface area is 178 Å². The number of hydrogen-bond acceptors (Lipinski definition) is 6. The van der Waals surface area contributed by atoms with Crippen LogP contribution in [0.4, 0.5) is 5.69 Å². The predicted octanol–water partition coefficient (Wildman–Crippen LogP) is 2.40. The molecule has 0 bridgehead atoms. The number of amides is 1. The summed E-state index contributed by atoms with van der Waals surface area (Å²) in [7, 11) is -3.53. The molecule has 0 atom stereocenters. The third-order valence-electron chi connectivity index (χ3n) is 5.20. The number of aryl methyl sites for hydroxylation is 2. The van der Waals surface area contributed by atoms with E-state index in [2.05, 4.69) is 16.0 Å². The van der Waals surface area contributed by atoms with Crippen LogP contribution < -0.4 is 4.90 Å². The Bertz CT molecular complexity index is 953. The predicted molar refractivity (Wildman–Crippen MR) is 117 cm³/mol. The van der Waals surface area contributed by atoms with Gasteiger partial charge in [-0.15, -0.1) is 0 Å². The Balaban J connectivity index is 1.54. The zero-order valence-electron chi connectivity index (χ0n) is 17.6. The van der Waals surface area contributed by atoms with Crippen molar-refractivity contribution in [2.24, 2.45) is 0 Å². The number of piperazine rings is 1. The molecule has 30 heavy (non-hydrogen) atoms. The van der Waals surface area contributed by atoms with E-state index in [0.717, 1.165) is 61.5 Å². The summed E-state index contributed by atoms with van der Waals surface area (Å²) < 4.78 is 28.5. The molecule has 2 aromatic rings. The van der Waals surface area contributed by atoms with Crippen LogP contribution in [0.25, 0.3) is 0 Å². The summed E-state index contributed by atoms with van der Waals surface area (Å²) >= 11 is 0. The van der Waals surface area contributed by atoms with Gasteiger partial charge in [-0.25, -0.2) is 0 Å². The number of rotatable bonds is 8. The lowest BCUT2D eigenvalue weighted by Gasteiger charge is -2.35. The summed E-state index contributed by atoms with van der Waals surface area (Å²) in [4.78, 5) is 20.2. The van der Waals surface area contributed by atoms with E-state index in [1.165, 1.54) is 0 Å². The topological polar surface area (TPSA) is 79.8 Å². The molecule has 1 fully saturated rings. The van der Waals surface area contributed by atoms with Crippen molar-refractivity contribution < 1.29 is 17.4 Å². The van der Waals surface area contributed by atoms with Crippen LogP contribution in [0.15, 0.2) is 42.6 Å². The first-order valence-corrected chi connectivity index (χ1v) is 11.8. The van der Waals surface area contributed by atoms with Gasteiger partial charge < -0.3 is 9.80 Å². The normalized spacial score (nSPS) is 14.7. The summed E-state index contributed by atoms with van der Waals surface area (Å²) in [5, 5.41) is 0. The third kappa shape index (κ3) is 6.27. The lowest BCUT2D eigenvalue weighted by atomic mass is 10.1. The molecule has 0 unspecified atom stereocenters. The van der Waals surface area contributed by atoms with Gasteiger partial charge in [-0.3, -0.25) is 14.0 Å². The van der Waals surface area contributed by atoms with Crippen molar-refractivity contribution in [2.75, 3.05) is 37.7 Å². The average molecular weight is 432 g/mol. The van der Waals surface area contributed by atoms with Gasteiger partial charge in [0, 0.05) is 38.8 Å². The largest absolute Gasteiger partial charge is 0.367 e. The van der Waals surface area contributed by atoms with Gasteiger partial charge in [0.25, 0.3) is 10.1 Å². The average Bonchev–Trinajstić information content (AvgIpc) is 2.72. The van der Waals surface area contributed by atoms with Gasteiger partial charge in [0.2, 0.25) is 5.91 Å². The molecule has 0 saturated carbocycles. The zero-order valence-corrected chi connectivity index (χ0v) is 18.4. The van der Waals surface area contributed by atoms with E-state index in [9.17, 15) is 13.2 Å². The molecule has 0 N–H and O–H groups in total. The maximum atomic E-state index is 11.8. The highest BCUT2D eigenvalue weighted by atomic mass is 32.2. The van der Waals surface area contributed by atoms with Gasteiger partial charge >= 0.3 is 0 Å². The Morgan fingerprint density at radius 2 is 1.80 bits per heavy atom. The monoisotopic (exact) mass is 431 g/mol. The second-order valence-electron chi connectivity index (χ2n) is 7.43. The standard InChI is InChI=1S/C22H29N3O4S/c1-3-29-30(27,28)17-20-6-4-5-19(15-20)7-8-21-9-10-22(16-23-21)25-13-11-24(12-14-25)18(2)26/h4-6,9-10,15-16H,3,7-8,11-14,17H2,1-2H3. The highest BCUT2D eigenvalue weighted by Gasteiger charge is 2.19. The fraction of sp³-hybridized carbons (Fsp3) is 0.455. The lowest BCUT2D eigenvalue weighted by Crippen LogP contribution is -2.48. The quantitative estimate of drug-likeness (QED) is 0.597. The Kier molecular flexibility index (Phi) is 7.44. The fourth-order valence-corrected chi connectivity index (χ4v) is 4.63. The minimum atomic E-state index is -3.53. The number of pyridine rings is 1. The molecule has 7 nitrogen and oxygen atoms in total. The van der Waals surface area contributed by atoms with Crippen LogP contribution in [0.2, 0.25) is 0 Å². The molecule has 8 heteroatoms. The molecular weight excluding hydrogens is 402 g/mol. The lowest BCUT2D eigenvalue weighted by molar-refractivity contribution is -0.129. The molecule has 0 spiro atoms. The summed E-state index contributed by atoms with van der Waals surface area (Å²) in [6.07, 6.45) is 3.45. The van der Waals surface area contributed by atoms with Crippen LogP contribution in [-0.4, -0.2) is 57.0 Å². The van der Waals surface area contributed by atoms with Crippen LogP contribution in [-0.2, 0) is 37.7 Å². The van der Waals surface area contributed by atoms with Crippen LogP contribution in [0.5, 0.6) is 0 Å². The molecule has 0 radical (unpaired) electrons. The van der Waals surface area contributed by atoms with E-state index >= 15 is 0 Å². The Hall–Kier alpha value is -2.45. The molecule has 1 aromatic carbocycles. The van der Waals surface area contributed by atoms with Gasteiger partial charge in [0.1, 0.15) is 5.75 Å². The van der Waals surface area contributed by atoms with Crippen molar-refractivity contribution in [3.8, 4) is 0 Å². The van der Waals surface area contributed by atoms with Crippen LogP contribution >= 0.6 is 0 Å². The van der Waals surface area contributed by atoms with Crippen molar-refractivity contribution in [3.05, 3.63) is 59.4 Å². The smallest absolute Gasteiger partial charge is 0.271 e. The minimum absolute atomic E-state index is 0.113. The molecule has 162 valence electrons. The molecule has 1 aliphatic rings. The van der Waals surface area contributed by atoms with E-state index < -0.39 is 10.1 Å². The van der Waals surface area contributed by atoms with E-state index in [4.69, 9.17) is 4.18 Å². The van der Waals surface area contributed by atoms with Gasteiger partial charge in [-0.2, -0.15) is 8.42 Å². The molecule has 2 heterocycles.